The molecule has 1 heterocycles. The highest BCUT2D eigenvalue weighted by Crippen LogP contribution is 2.14. The van der Waals surface area contributed by atoms with Crippen molar-refractivity contribution in [3.05, 3.63) is 60.1 Å². The summed E-state index contributed by atoms with van der Waals surface area (Å²) < 4.78 is 5.27. The van der Waals surface area contributed by atoms with Gasteiger partial charge in [0.25, 0.3) is 0 Å². The molecule has 0 fully saturated rings. The van der Waals surface area contributed by atoms with Crippen molar-refractivity contribution in [2.24, 2.45) is 0 Å². The highest BCUT2D eigenvalue weighted by molar-refractivity contribution is 5.17. The Kier molecular flexibility index (Phi) is 3.96. The van der Waals surface area contributed by atoms with Gasteiger partial charge in [0.05, 0.1) is 18.9 Å². The molecule has 90 valence electrons. The van der Waals surface area contributed by atoms with Gasteiger partial charge in [0, 0.05) is 6.54 Å². The molecule has 0 radical (unpaired) electrons. The number of hydrogen-bond donors (Lipinski definition) is 1. The van der Waals surface area contributed by atoms with Gasteiger partial charge in [-0.25, -0.2) is 0 Å². The van der Waals surface area contributed by atoms with Crippen LogP contribution < -0.4 is 0 Å². The first-order chi connectivity index (χ1) is 8.25. The summed E-state index contributed by atoms with van der Waals surface area (Å²) in [6, 6.07) is 13.5. The Morgan fingerprint density at radius 1 is 1.18 bits per heavy atom. The van der Waals surface area contributed by atoms with E-state index in [4.69, 9.17) is 4.42 Å². The molecular formula is C14H17NO2. The van der Waals surface area contributed by atoms with Crippen molar-refractivity contribution >= 4 is 0 Å². The molecule has 1 atom stereocenters. The van der Waals surface area contributed by atoms with Gasteiger partial charge in [0.2, 0.25) is 0 Å². The average Bonchev–Trinajstić information content (AvgIpc) is 2.82. The summed E-state index contributed by atoms with van der Waals surface area (Å²) in [5, 5.41) is 10.0. The van der Waals surface area contributed by atoms with Crippen LogP contribution in [-0.2, 0) is 6.54 Å². The van der Waals surface area contributed by atoms with Crippen LogP contribution in [0.25, 0.3) is 0 Å². The number of rotatable bonds is 5. The quantitative estimate of drug-likeness (QED) is 0.858. The van der Waals surface area contributed by atoms with Crippen LogP contribution in [0, 0.1) is 0 Å². The lowest BCUT2D eigenvalue weighted by atomic mass is 10.1. The summed E-state index contributed by atoms with van der Waals surface area (Å²) in [7, 11) is 1.97. The van der Waals surface area contributed by atoms with E-state index in [0.29, 0.717) is 13.1 Å². The molecule has 0 aliphatic carbocycles. The van der Waals surface area contributed by atoms with E-state index in [0.717, 1.165) is 11.3 Å². The molecule has 0 aliphatic rings. The summed E-state index contributed by atoms with van der Waals surface area (Å²) in [5.74, 6) is 0.910. The first-order valence-corrected chi connectivity index (χ1v) is 5.69. The molecule has 2 aromatic rings. The smallest absolute Gasteiger partial charge is 0.117 e. The first-order valence-electron chi connectivity index (χ1n) is 5.69. The average molecular weight is 231 g/mol. The molecule has 2 rings (SSSR count). The van der Waals surface area contributed by atoms with Gasteiger partial charge in [-0.05, 0) is 24.7 Å². The van der Waals surface area contributed by atoms with E-state index in [-0.39, 0.29) is 0 Å². The zero-order valence-corrected chi connectivity index (χ0v) is 9.91. The van der Waals surface area contributed by atoms with E-state index in [1.54, 1.807) is 6.26 Å². The molecule has 1 N–H and O–H groups in total. The number of likely N-dealkylation sites (N-methyl/N-ethyl adjacent to an activating group) is 1. The third-order valence-corrected chi connectivity index (χ3v) is 2.67. The van der Waals surface area contributed by atoms with Crippen LogP contribution in [0.3, 0.4) is 0 Å². The van der Waals surface area contributed by atoms with Crippen molar-refractivity contribution in [3.63, 3.8) is 0 Å². The molecule has 0 aliphatic heterocycles. The minimum Gasteiger partial charge on any atom is -0.468 e. The zero-order valence-electron chi connectivity index (χ0n) is 9.91. The van der Waals surface area contributed by atoms with E-state index in [1.165, 1.54) is 0 Å². The summed E-state index contributed by atoms with van der Waals surface area (Å²) >= 11 is 0. The number of benzene rings is 1. The Morgan fingerprint density at radius 3 is 2.59 bits per heavy atom. The Bertz CT molecular complexity index is 425. The lowest BCUT2D eigenvalue weighted by Gasteiger charge is -2.19. The van der Waals surface area contributed by atoms with Gasteiger partial charge in [-0.3, -0.25) is 4.90 Å². The van der Waals surface area contributed by atoms with Crippen molar-refractivity contribution in [1.82, 2.24) is 4.90 Å². The van der Waals surface area contributed by atoms with Crippen LogP contribution in [0.1, 0.15) is 17.4 Å². The van der Waals surface area contributed by atoms with E-state index in [2.05, 4.69) is 0 Å². The molecule has 0 bridgehead atoms. The summed E-state index contributed by atoms with van der Waals surface area (Å²) in [4.78, 5) is 2.04. The highest BCUT2D eigenvalue weighted by Gasteiger charge is 2.11. The third kappa shape index (κ3) is 3.44. The minimum absolute atomic E-state index is 0.462. The number of aliphatic hydroxyl groups excluding tert-OH is 1. The predicted molar refractivity (Wildman–Crippen MR) is 66.4 cm³/mol. The third-order valence-electron chi connectivity index (χ3n) is 2.67. The standard InChI is InChI=1S/C14H17NO2/c1-15(10-13-8-5-9-17-13)11-14(16)12-6-3-2-4-7-12/h2-9,14,16H,10-11H2,1H3/t14-/m1/s1. The van der Waals surface area contributed by atoms with E-state index in [1.807, 2.05) is 54.4 Å². The summed E-state index contributed by atoms with van der Waals surface area (Å²) in [6.07, 6.45) is 1.20. The van der Waals surface area contributed by atoms with Gasteiger partial charge in [-0.15, -0.1) is 0 Å². The summed E-state index contributed by atoms with van der Waals surface area (Å²) in [6.45, 7) is 1.29. The Morgan fingerprint density at radius 2 is 1.94 bits per heavy atom. The molecule has 3 heteroatoms. The van der Waals surface area contributed by atoms with Gasteiger partial charge in [0.15, 0.2) is 0 Å². The first kappa shape index (κ1) is 11.9. The van der Waals surface area contributed by atoms with Gasteiger partial charge in [-0.2, -0.15) is 0 Å². The largest absolute Gasteiger partial charge is 0.468 e. The molecule has 0 saturated heterocycles. The topological polar surface area (TPSA) is 36.6 Å². The fraction of sp³-hybridized carbons (Fsp3) is 0.286. The molecule has 0 spiro atoms. The maximum atomic E-state index is 10.0. The Balaban J connectivity index is 1.88. The van der Waals surface area contributed by atoms with Crippen molar-refractivity contribution in [2.75, 3.05) is 13.6 Å². The van der Waals surface area contributed by atoms with Gasteiger partial charge < -0.3 is 9.52 Å². The lowest BCUT2D eigenvalue weighted by Crippen LogP contribution is -2.24. The second-order valence-electron chi connectivity index (χ2n) is 4.20. The van der Waals surface area contributed by atoms with E-state index >= 15 is 0 Å². The fourth-order valence-electron chi connectivity index (χ4n) is 1.81. The van der Waals surface area contributed by atoms with Crippen LogP contribution in [0.5, 0.6) is 0 Å². The Hall–Kier alpha value is -1.58. The molecule has 1 aromatic heterocycles. The normalized spacial score (nSPS) is 12.9. The fourth-order valence-corrected chi connectivity index (χ4v) is 1.81. The van der Waals surface area contributed by atoms with E-state index < -0.39 is 6.10 Å². The zero-order chi connectivity index (χ0) is 12.1. The number of furan rings is 1. The molecule has 17 heavy (non-hydrogen) atoms. The second-order valence-corrected chi connectivity index (χ2v) is 4.20. The van der Waals surface area contributed by atoms with Crippen LogP contribution in [0.15, 0.2) is 53.1 Å². The molecular weight excluding hydrogens is 214 g/mol. The maximum absolute atomic E-state index is 10.0. The van der Waals surface area contributed by atoms with Gasteiger partial charge >= 0.3 is 0 Å². The predicted octanol–water partition coefficient (Wildman–Crippen LogP) is 2.45. The molecule has 0 saturated carbocycles. The maximum Gasteiger partial charge on any atom is 0.117 e. The molecule has 1 aromatic carbocycles. The minimum atomic E-state index is -0.462. The van der Waals surface area contributed by atoms with Gasteiger partial charge in [0.1, 0.15) is 5.76 Å². The highest BCUT2D eigenvalue weighted by atomic mass is 16.3. The van der Waals surface area contributed by atoms with Crippen LogP contribution in [-0.4, -0.2) is 23.6 Å². The Labute approximate surface area is 101 Å². The van der Waals surface area contributed by atoms with Crippen LogP contribution in [0.2, 0.25) is 0 Å². The van der Waals surface area contributed by atoms with Crippen molar-refractivity contribution in [1.29, 1.82) is 0 Å². The summed E-state index contributed by atoms with van der Waals surface area (Å²) in [5.41, 5.74) is 0.943. The van der Waals surface area contributed by atoms with Crippen molar-refractivity contribution < 1.29 is 9.52 Å². The molecule has 3 nitrogen and oxygen atoms in total. The lowest BCUT2D eigenvalue weighted by molar-refractivity contribution is 0.120. The number of hydrogen-bond acceptors (Lipinski definition) is 3. The second kappa shape index (κ2) is 5.66. The van der Waals surface area contributed by atoms with E-state index in [9.17, 15) is 5.11 Å². The van der Waals surface area contributed by atoms with Crippen molar-refractivity contribution in [2.45, 2.75) is 12.6 Å². The number of aliphatic hydroxyl groups is 1. The van der Waals surface area contributed by atoms with Crippen molar-refractivity contribution in [3.8, 4) is 0 Å². The molecule has 0 unspecified atom stereocenters. The van der Waals surface area contributed by atoms with Crippen LogP contribution >= 0.6 is 0 Å². The number of nitrogens with zero attached hydrogens (tertiary/aromatic N) is 1. The monoisotopic (exact) mass is 231 g/mol. The molecule has 0 amide bonds. The van der Waals surface area contributed by atoms with Gasteiger partial charge in [-0.1, -0.05) is 30.3 Å². The SMILES string of the molecule is CN(Cc1ccco1)C[C@@H](O)c1ccccc1. The van der Waals surface area contributed by atoms with Crippen LogP contribution in [0.4, 0.5) is 0 Å².